The van der Waals surface area contributed by atoms with Crippen LogP contribution in [0.5, 0.6) is 0 Å². The average Bonchev–Trinajstić information content (AvgIpc) is 1.98. The number of hydrogen-bond donors (Lipinski definition) is 0. The van der Waals surface area contributed by atoms with E-state index in [1.807, 2.05) is 26.0 Å². The summed E-state index contributed by atoms with van der Waals surface area (Å²) in [6.07, 6.45) is 9.62. The van der Waals surface area contributed by atoms with Crippen LogP contribution in [0.3, 0.4) is 0 Å². The Morgan fingerprint density at radius 1 is 0.600 bits per heavy atom. The monoisotopic (exact) mass is 213 g/mol. The number of hydrogen-bond acceptors (Lipinski definition) is 1. The highest BCUT2D eigenvalue weighted by Crippen LogP contribution is 2.53. The first-order valence-corrected chi connectivity index (χ1v) is 6.24. The van der Waals surface area contributed by atoms with Crippen LogP contribution in [0.1, 0.15) is 38.5 Å². The molecule has 0 amide bonds. The molecule has 0 aromatic heterocycles. The zero-order chi connectivity index (χ0) is 10.1. The van der Waals surface area contributed by atoms with E-state index < -0.39 is 0 Å². The standard InChI is InChI=1S/C10H16.C3H9N.H2O/c1-7-2-9-4-8(1)5-10(3-7)6-9;1-4(2)3;/h7-10H,1-6H2;1-3H3;1H2. The van der Waals surface area contributed by atoms with E-state index >= 15 is 0 Å². The molecule has 4 bridgehead atoms. The lowest BCUT2D eigenvalue weighted by molar-refractivity contribution is 0.0198. The van der Waals surface area contributed by atoms with Crippen molar-refractivity contribution < 1.29 is 5.48 Å². The third-order valence-corrected chi connectivity index (χ3v) is 4.00. The molecule has 0 aliphatic heterocycles. The zero-order valence-electron chi connectivity index (χ0n) is 10.5. The summed E-state index contributed by atoms with van der Waals surface area (Å²) >= 11 is 0. The Hall–Kier alpha value is -0.0800. The fraction of sp³-hybridized carbons (Fsp3) is 1.00. The Balaban J connectivity index is 0.000000200. The molecule has 0 aromatic rings. The van der Waals surface area contributed by atoms with Crippen molar-refractivity contribution in [3.8, 4) is 0 Å². The Kier molecular flexibility index (Phi) is 4.60. The van der Waals surface area contributed by atoms with Gasteiger partial charge in [-0.05, 0) is 83.3 Å². The zero-order valence-corrected chi connectivity index (χ0v) is 10.5. The van der Waals surface area contributed by atoms with Gasteiger partial charge in [-0.2, -0.15) is 0 Å². The van der Waals surface area contributed by atoms with Crippen LogP contribution in [0.25, 0.3) is 0 Å². The summed E-state index contributed by atoms with van der Waals surface area (Å²) in [5, 5.41) is 0. The molecule has 0 spiro atoms. The minimum atomic E-state index is 0. The third-order valence-electron chi connectivity index (χ3n) is 4.00. The van der Waals surface area contributed by atoms with Crippen LogP contribution < -0.4 is 0 Å². The normalized spacial score (nSPS) is 40.8. The molecule has 90 valence electrons. The SMILES string of the molecule is C1C2CC3CC1CC(C2)C3.CN(C)C.O. The van der Waals surface area contributed by atoms with E-state index in [0.29, 0.717) is 0 Å². The molecule has 0 aromatic carbocycles. The Labute approximate surface area is 94.3 Å². The van der Waals surface area contributed by atoms with Crippen molar-refractivity contribution in [3.63, 3.8) is 0 Å². The Morgan fingerprint density at radius 3 is 0.867 bits per heavy atom. The van der Waals surface area contributed by atoms with Crippen LogP contribution >= 0.6 is 0 Å². The molecule has 0 saturated heterocycles. The Bertz CT molecular complexity index is 132. The molecule has 2 N–H and O–H groups in total. The first-order chi connectivity index (χ1) is 6.63. The molecular formula is C13H27NO. The average molecular weight is 213 g/mol. The van der Waals surface area contributed by atoms with Crippen molar-refractivity contribution in [1.82, 2.24) is 4.90 Å². The van der Waals surface area contributed by atoms with Crippen molar-refractivity contribution >= 4 is 0 Å². The van der Waals surface area contributed by atoms with Gasteiger partial charge in [0.1, 0.15) is 0 Å². The molecule has 4 fully saturated rings. The second-order valence-electron chi connectivity index (χ2n) is 6.22. The summed E-state index contributed by atoms with van der Waals surface area (Å²) in [7, 11) is 6.00. The van der Waals surface area contributed by atoms with E-state index in [1.54, 1.807) is 38.5 Å². The molecule has 4 aliphatic rings. The second kappa shape index (κ2) is 5.31. The lowest BCUT2D eigenvalue weighted by atomic mass is 9.56. The van der Waals surface area contributed by atoms with Gasteiger partial charge in [0.2, 0.25) is 0 Å². The predicted octanol–water partition coefficient (Wildman–Crippen LogP) is 2.19. The third kappa shape index (κ3) is 3.46. The summed E-state index contributed by atoms with van der Waals surface area (Å²) in [6.45, 7) is 0. The maximum Gasteiger partial charge on any atom is -0.0140 e. The summed E-state index contributed by atoms with van der Waals surface area (Å²) in [5.41, 5.74) is 0. The van der Waals surface area contributed by atoms with Crippen LogP contribution in [0.2, 0.25) is 0 Å². The van der Waals surface area contributed by atoms with E-state index in [0.717, 1.165) is 0 Å². The van der Waals surface area contributed by atoms with Gasteiger partial charge in [-0.3, -0.25) is 0 Å². The van der Waals surface area contributed by atoms with Crippen LogP contribution in [0.15, 0.2) is 0 Å². The van der Waals surface area contributed by atoms with Crippen molar-refractivity contribution in [1.29, 1.82) is 0 Å². The van der Waals surface area contributed by atoms with Gasteiger partial charge >= 0.3 is 0 Å². The van der Waals surface area contributed by atoms with Gasteiger partial charge in [0, 0.05) is 0 Å². The quantitative estimate of drug-likeness (QED) is 0.607. The highest BCUT2D eigenvalue weighted by molar-refractivity contribution is 4.92. The van der Waals surface area contributed by atoms with Crippen molar-refractivity contribution in [3.05, 3.63) is 0 Å². The molecule has 15 heavy (non-hydrogen) atoms. The Morgan fingerprint density at radius 2 is 0.733 bits per heavy atom. The van der Waals surface area contributed by atoms with Gasteiger partial charge in [-0.1, -0.05) is 0 Å². The van der Waals surface area contributed by atoms with Crippen molar-refractivity contribution in [2.24, 2.45) is 23.7 Å². The predicted molar refractivity (Wildman–Crippen MR) is 64.9 cm³/mol. The van der Waals surface area contributed by atoms with Gasteiger partial charge in [0.05, 0.1) is 0 Å². The van der Waals surface area contributed by atoms with E-state index in [4.69, 9.17) is 0 Å². The maximum absolute atomic E-state index is 2.00. The maximum atomic E-state index is 2.00. The minimum Gasteiger partial charge on any atom is -0.412 e. The first-order valence-electron chi connectivity index (χ1n) is 6.24. The molecule has 0 unspecified atom stereocenters. The van der Waals surface area contributed by atoms with Crippen molar-refractivity contribution in [2.75, 3.05) is 21.1 Å². The minimum absolute atomic E-state index is 0. The lowest BCUT2D eigenvalue weighted by Crippen LogP contribution is -2.38. The molecule has 4 rings (SSSR count). The van der Waals surface area contributed by atoms with E-state index in [9.17, 15) is 0 Å². The van der Waals surface area contributed by atoms with Crippen LogP contribution in [0.4, 0.5) is 0 Å². The fourth-order valence-electron chi connectivity index (χ4n) is 3.98. The second-order valence-corrected chi connectivity index (χ2v) is 6.22. The van der Waals surface area contributed by atoms with E-state index in [2.05, 4.69) is 0 Å². The van der Waals surface area contributed by atoms with Crippen molar-refractivity contribution in [2.45, 2.75) is 38.5 Å². The largest absolute Gasteiger partial charge is 0.412 e. The van der Waals surface area contributed by atoms with E-state index in [1.165, 1.54) is 23.7 Å². The van der Waals surface area contributed by atoms with Gasteiger partial charge in [-0.25, -0.2) is 0 Å². The first kappa shape index (κ1) is 13.0. The van der Waals surface area contributed by atoms with Gasteiger partial charge < -0.3 is 10.4 Å². The molecule has 2 heteroatoms. The van der Waals surface area contributed by atoms with E-state index in [-0.39, 0.29) is 5.48 Å². The fourth-order valence-corrected chi connectivity index (χ4v) is 3.98. The lowest BCUT2D eigenvalue weighted by Gasteiger charge is -2.49. The topological polar surface area (TPSA) is 34.7 Å². The molecule has 4 saturated carbocycles. The molecule has 0 atom stereocenters. The van der Waals surface area contributed by atoms with Crippen LogP contribution in [-0.2, 0) is 0 Å². The number of rotatable bonds is 0. The summed E-state index contributed by atoms with van der Waals surface area (Å²) in [4.78, 5) is 2.00. The summed E-state index contributed by atoms with van der Waals surface area (Å²) < 4.78 is 0. The van der Waals surface area contributed by atoms with Crippen LogP contribution in [-0.4, -0.2) is 31.5 Å². The molecule has 0 radical (unpaired) electrons. The molecular weight excluding hydrogens is 186 g/mol. The van der Waals surface area contributed by atoms with Gasteiger partial charge in [0.15, 0.2) is 0 Å². The summed E-state index contributed by atoms with van der Waals surface area (Å²) in [5.74, 6) is 4.71. The molecule has 0 heterocycles. The van der Waals surface area contributed by atoms with Crippen LogP contribution in [0, 0.1) is 23.7 Å². The van der Waals surface area contributed by atoms with Gasteiger partial charge in [0.25, 0.3) is 0 Å². The number of nitrogens with zero attached hydrogens (tertiary/aromatic N) is 1. The highest BCUT2D eigenvalue weighted by Gasteiger charge is 2.41. The van der Waals surface area contributed by atoms with Gasteiger partial charge in [-0.15, -0.1) is 0 Å². The molecule has 2 nitrogen and oxygen atoms in total. The summed E-state index contributed by atoms with van der Waals surface area (Å²) in [6, 6.07) is 0. The smallest absolute Gasteiger partial charge is 0.0140 e. The molecule has 4 aliphatic carbocycles. The highest BCUT2D eigenvalue weighted by atomic mass is 16.0.